The van der Waals surface area contributed by atoms with Crippen LogP contribution in [0.15, 0.2) is 12.2 Å². The molecule has 5 fully saturated rings. The van der Waals surface area contributed by atoms with Gasteiger partial charge in [-0.05, 0) is 111 Å². The average molecular weight is 571 g/mol. The maximum Gasteiger partial charge on any atom is 0.331 e. The van der Waals surface area contributed by atoms with Gasteiger partial charge in [-0.25, -0.2) is 4.79 Å². The Kier molecular flexibility index (Phi) is 7.34. The van der Waals surface area contributed by atoms with Gasteiger partial charge in [0.05, 0.1) is 12.0 Å². The van der Waals surface area contributed by atoms with Gasteiger partial charge in [0, 0.05) is 31.3 Å². The highest BCUT2D eigenvalue weighted by atomic mass is 16.5. The zero-order valence-electron chi connectivity index (χ0n) is 26.0. The van der Waals surface area contributed by atoms with E-state index in [2.05, 4.69) is 27.4 Å². The summed E-state index contributed by atoms with van der Waals surface area (Å²) in [6.07, 6.45) is 8.94. The van der Waals surface area contributed by atoms with Crippen molar-refractivity contribution in [2.75, 3.05) is 13.2 Å². The first kappa shape index (κ1) is 30.3. The van der Waals surface area contributed by atoms with Crippen LogP contribution in [0.2, 0.25) is 0 Å². The number of ether oxygens (including phenoxy) is 2. The van der Waals surface area contributed by atoms with Crippen molar-refractivity contribution in [3.63, 3.8) is 0 Å². The molecule has 228 valence electrons. The molecule has 0 spiro atoms. The Bertz CT molecular complexity index is 1160. The van der Waals surface area contributed by atoms with Crippen LogP contribution in [-0.4, -0.2) is 42.0 Å². The molecule has 5 aliphatic carbocycles. The lowest BCUT2D eigenvalue weighted by atomic mass is 9.32. The third kappa shape index (κ3) is 4.25. The molecule has 10 atom stereocenters. The third-order valence-electron chi connectivity index (χ3n) is 14.0. The van der Waals surface area contributed by atoms with Crippen LogP contribution in [0.4, 0.5) is 0 Å². The predicted octanol–water partition coefficient (Wildman–Crippen LogP) is 6.38. The number of aliphatic carboxylic acids is 1. The summed E-state index contributed by atoms with van der Waals surface area (Å²) in [6.45, 7) is 16.8. The maximum atomic E-state index is 13.4. The summed E-state index contributed by atoms with van der Waals surface area (Å²) in [5.74, 6) is -0.417. The summed E-state index contributed by atoms with van der Waals surface area (Å²) in [4.78, 5) is 49.3. The molecule has 0 aromatic carbocycles. The van der Waals surface area contributed by atoms with Crippen molar-refractivity contribution in [1.82, 2.24) is 0 Å². The zero-order chi connectivity index (χ0) is 30.2. The molecular formula is C34H50O7. The van der Waals surface area contributed by atoms with E-state index in [1.165, 1.54) is 13.8 Å². The van der Waals surface area contributed by atoms with E-state index >= 15 is 0 Å². The number of carboxylic acid groups (broad SMARTS) is 1. The Morgan fingerprint density at radius 2 is 1.49 bits per heavy atom. The highest BCUT2D eigenvalue weighted by Crippen LogP contribution is 2.77. The fraction of sp³-hybridized carbons (Fsp3) is 0.824. The molecule has 0 radical (unpaired) electrons. The Morgan fingerprint density at radius 1 is 0.829 bits per heavy atom. The maximum absolute atomic E-state index is 13.4. The molecule has 7 nitrogen and oxygen atoms in total. The number of hydrogen-bond donors (Lipinski definition) is 1. The van der Waals surface area contributed by atoms with Gasteiger partial charge in [-0.1, -0.05) is 27.4 Å². The summed E-state index contributed by atoms with van der Waals surface area (Å²) in [6, 6.07) is 0. The average Bonchev–Trinajstić information content (AvgIpc) is 3.28. The minimum atomic E-state index is -0.919. The Morgan fingerprint density at radius 3 is 2.12 bits per heavy atom. The normalized spacial score (nSPS) is 46.8. The molecule has 1 N–H and O–H groups in total. The second-order valence-corrected chi connectivity index (χ2v) is 15.4. The quantitative estimate of drug-likeness (QED) is 0.291. The van der Waals surface area contributed by atoms with Gasteiger partial charge in [0.25, 0.3) is 0 Å². The molecule has 0 heterocycles. The molecule has 5 aliphatic rings. The van der Waals surface area contributed by atoms with Gasteiger partial charge in [-0.15, -0.1) is 0 Å². The SMILES string of the molecule is C=C(C(=O)O)[C@@H]1CC[C@]2(COC(C)=O)CC[C@]3(C)[C@H](CC[C@@H]4[C@@]5(C)CCC(=O)[C@@](C)(COC(C)=O)[C@@H]5CC[C@]43C)[C@@H]12. The largest absolute Gasteiger partial charge is 0.478 e. The molecule has 0 unspecified atom stereocenters. The molecule has 0 aromatic rings. The molecule has 41 heavy (non-hydrogen) atoms. The van der Waals surface area contributed by atoms with Gasteiger partial charge in [0.1, 0.15) is 12.4 Å². The first-order valence-electron chi connectivity index (χ1n) is 15.8. The number of fused-ring (bicyclic) bond motifs is 7. The van der Waals surface area contributed by atoms with Crippen molar-refractivity contribution < 1.29 is 33.8 Å². The fourth-order valence-corrected chi connectivity index (χ4v) is 11.8. The first-order valence-corrected chi connectivity index (χ1v) is 15.8. The van der Waals surface area contributed by atoms with E-state index in [0.717, 1.165) is 57.8 Å². The second-order valence-electron chi connectivity index (χ2n) is 15.4. The summed E-state index contributed by atoms with van der Waals surface area (Å²) in [5, 5.41) is 10.0. The van der Waals surface area contributed by atoms with Crippen LogP contribution in [0, 0.1) is 56.7 Å². The van der Waals surface area contributed by atoms with Crippen LogP contribution >= 0.6 is 0 Å². The minimum absolute atomic E-state index is 0.0105. The topological polar surface area (TPSA) is 107 Å². The van der Waals surface area contributed by atoms with Crippen LogP contribution in [0.5, 0.6) is 0 Å². The summed E-state index contributed by atoms with van der Waals surface area (Å²) in [7, 11) is 0. The van der Waals surface area contributed by atoms with Crippen LogP contribution in [0.25, 0.3) is 0 Å². The van der Waals surface area contributed by atoms with Gasteiger partial charge in [0.15, 0.2) is 0 Å². The van der Waals surface area contributed by atoms with Gasteiger partial charge in [0.2, 0.25) is 0 Å². The van der Waals surface area contributed by atoms with Crippen molar-refractivity contribution in [2.24, 2.45) is 56.7 Å². The van der Waals surface area contributed by atoms with E-state index < -0.39 is 11.4 Å². The monoisotopic (exact) mass is 570 g/mol. The van der Waals surface area contributed by atoms with Crippen molar-refractivity contribution in [3.8, 4) is 0 Å². The highest BCUT2D eigenvalue weighted by molar-refractivity contribution is 5.87. The molecule has 0 amide bonds. The van der Waals surface area contributed by atoms with Crippen molar-refractivity contribution in [3.05, 3.63) is 12.2 Å². The molecule has 0 aliphatic heterocycles. The fourth-order valence-electron chi connectivity index (χ4n) is 11.8. The standard InChI is InChI=1S/C34H50O7/c1-20(29(38)39)23-10-15-34(19-41-22(3)36)17-16-32(6)24(28(23)34)8-9-26-30(4)13-12-27(37)31(5,18-40-21(2)35)25(30)11-14-33(26,32)7/h23-26,28H,1,8-19H2,2-7H3,(H,38,39)/t23-,24+,25+,26+,28+,30-,31-,32+,33+,34+/m0/s1. The Balaban J connectivity index is 1.52. The highest BCUT2D eigenvalue weighted by Gasteiger charge is 2.71. The van der Waals surface area contributed by atoms with Gasteiger partial charge in [-0.2, -0.15) is 0 Å². The first-order chi connectivity index (χ1) is 19.1. The predicted molar refractivity (Wildman–Crippen MR) is 154 cm³/mol. The van der Waals surface area contributed by atoms with Gasteiger partial charge >= 0.3 is 17.9 Å². The number of carboxylic acids is 1. The lowest BCUT2D eigenvalue weighted by Gasteiger charge is -2.72. The Labute approximate surface area is 245 Å². The van der Waals surface area contributed by atoms with E-state index in [0.29, 0.717) is 30.4 Å². The number of hydrogen-bond acceptors (Lipinski definition) is 6. The van der Waals surface area contributed by atoms with Gasteiger partial charge < -0.3 is 14.6 Å². The molecular weight excluding hydrogens is 520 g/mol. The number of carbonyl (C=O) groups excluding carboxylic acids is 3. The Hall–Kier alpha value is -2.18. The molecule has 0 aromatic heterocycles. The number of Topliss-reactive ketones (excluding diaryl/α,β-unsaturated/α-hetero) is 1. The molecule has 5 rings (SSSR count). The molecule has 5 saturated carbocycles. The van der Waals surface area contributed by atoms with Crippen LogP contribution in [-0.2, 0) is 28.7 Å². The lowest BCUT2D eigenvalue weighted by molar-refractivity contribution is -0.240. The number of carbonyl (C=O) groups is 4. The zero-order valence-corrected chi connectivity index (χ0v) is 26.0. The molecule has 0 saturated heterocycles. The summed E-state index contributed by atoms with van der Waals surface area (Å²) < 4.78 is 11.2. The van der Waals surface area contributed by atoms with Crippen molar-refractivity contribution >= 4 is 23.7 Å². The number of ketones is 1. The smallest absolute Gasteiger partial charge is 0.331 e. The number of esters is 2. The second kappa shape index (κ2) is 9.94. The summed E-state index contributed by atoms with van der Waals surface area (Å²) in [5.41, 5.74) is -0.601. The van der Waals surface area contributed by atoms with Crippen molar-refractivity contribution in [2.45, 2.75) is 106 Å². The third-order valence-corrected chi connectivity index (χ3v) is 14.0. The minimum Gasteiger partial charge on any atom is -0.478 e. The molecule has 0 bridgehead atoms. The van der Waals surface area contributed by atoms with E-state index in [-0.39, 0.29) is 63.7 Å². The van der Waals surface area contributed by atoms with E-state index in [4.69, 9.17) is 9.47 Å². The lowest BCUT2D eigenvalue weighted by Crippen LogP contribution is -2.67. The van der Waals surface area contributed by atoms with E-state index in [1.54, 1.807) is 0 Å². The molecule has 7 heteroatoms. The summed E-state index contributed by atoms with van der Waals surface area (Å²) >= 11 is 0. The van der Waals surface area contributed by atoms with Gasteiger partial charge in [-0.3, -0.25) is 14.4 Å². The van der Waals surface area contributed by atoms with Crippen LogP contribution in [0.3, 0.4) is 0 Å². The van der Waals surface area contributed by atoms with E-state index in [1.807, 2.05) is 6.92 Å². The number of rotatable bonds is 6. The van der Waals surface area contributed by atoms with Crippen LogP contribution < -0.4 is 0 Å². The van der Waals surface area contributed by atoms with E-state index in [9.17, 15) is 24.3 Å². The van der Waals surface area contributed by atoms with Crippen molar-refractivity contribution in [1.29, 1.82) is 0 Å². The van der Waals surface area contributed by atoms with Crippen LogP contribution in [0.1, 0.15) is 106 Å².